The molecule has 7 heteroatoms. The van der Waals surface area contributed by atoms with Gasteiger partial charge in [-0.1, -0.05) is 13.8 Å². The molecule has 1 N–H and O–H groups in total. The summed E-state index contributed by atoms with van der Waals surface area (Å²) in [5, 5.41) is 0. The number of ether oxygens (including phenoxy) is 1. The minimum Gasteiger partial charge on any atom is -0.373 e. The van der Waals surface area contributed by atoms with E-state index >= 15 is 0 Å². The standard InChI is InChI=1S/C19H34N2O4S/c1-14-11-21(12-15(2)25-14)9-5-8-20-26(23,24)13-19-7-6-16(10-17(19)22)18(19,3)4/h14-16,20H,5-13H2,1-4H3. The van der Waals surface area contributed by atoms with Crippen molar-refractivity contribution < 1.29 is 17.9 Å². The molecular formula is C19H34N2O4S. The summed E-state index contributed by atoms with van der Waals surface area (Å²) in [6, 6.07) is 0. The Bertz CT molecular complexity index is 638. The SMILES string of the molecule is CC1CN(CCCNS(=O)(=O)CC23CCC(CC2=O)C3(C)C)CC(C)O1. The molecule has 0 aromatic heterocycles. The van der Waals surface area contributed by atoms with E-state index in [0.717, 1.165) is 32.5 Å². The van der Waals surface area contributed by atoms with Crippen LogP contribution in [0.2, 0.25) is 0 Å². The molecule has 26 heavy (non-hydrogen) atoms. The zero-order valence-electron chi connectivity index (χ0n) is 16.6. The van der Waals surface area contributed by atoms with Gasteiger partial charge in [0.05, 0.1) is 18.0 Å². The number of morpholine rings is 1. The van der Waals surface area contributed by atoms with E-state index in [1.54, 1.807) is 0 Å². The molecule has 150 valence electrons. The quantitative estimate of drug-likeness (QED) is 0.675. The first-order valence-electron chi connectivity index (χ1n) is 9.94. The number of hydrogen-bond donors (Lipinski definition) is 1. The molecule has 0 aromatic carbocycles. The van der Waals surface area contributed by atoms with Crippen LogP contribution in [0.3, 0.4) is 0 Å². The third-order valence-corrected chi connectivity index (χ3v) is 8.56. The monoisotopic (exact) mass is 386 g/mol. The van der Waals surface area contributed by atoms with Crippen molar-refractivity contribution in [1.29, 1.82) is 0 Å². The lowest BCUT2D eigenvalue weighted by Crippen LogP contribution is -2.47. The highest BCUT2D eigenvalue weighted by atomic mass is 32.2. The Morgan fingerprint density at radius 2 is 1.88 bits per heavy atom. The van der Waals surface area contributed by atoms with Crippen molar-refractivity contribution in [3.63, 3.8) is 0 Å². The van der Waals surface area contributed by atoms with E-state index in [1.807, 2.05) is 0 Å². The van der Waals surface area contributed by atoms with Crippen LogP contribution in [-0.2, 0) is 19.6 Å². The normalized spacial score (nSPS) is 37.4. The summed E-state index contributed by atoms with van der Waals surface area (Å²) in [5.41, 5.74) is -0.891. The predicted molar refractivity (Wildman–Crippen MR) is 101 cm³/mol. The van der Waals surface area contributed by atoms with Gasteiger partial charge >= 0.3 is 0 Å². The fourth-order valence-electron chi connectivity index (χ4n) is 5.48. The van der Waals surface area contributed by atoms with Crippen molar-refractivity contribution in [2.24, 2.45) is 16.7 Å². The lowest BCUT2D eigenvalue weighted by molar-refractivity contribution is -0.128. The Labute approximate surface area is 158 Å². The maximum absolute atomic E-state index is 12.7. The highest BCUT2D eigenvalue weighted by Gasteiger charge is 2.65. The second-order valence-electron chi connectivity index (χ2n) is 9.19. The number of rotatable bonds is 7. The Morgan fingerprint density at radius 3 is 2.42 bits per heavy atom. The van der Waals surface area contributed by atoms with Gasteiger partial charge in [-0.05, 0) is 51.0 Å². The first kappa shape index (κ1) is 20.2. The lowest BCUT2D eigenvalue weighted by atomic mass is 9.70. The molecule has 0 aromatic rings. The van der Waals surface area contributed by atoms with Gasteiger partial charge in [0.2, 0.25) is 10.0 Å². The van der Waals surface area contributed by atoms with Crippen LogP contribution < -0.4 is 4.72 Å². The van der Waals surface area contributed by atoms with Gasteiger partial charge in [-0.25, -0.2) is 13.1 Å². The van der Waals surface area contributed by atoms with Gasteiger partial charge in [0.15, 0.2) is 0 Å². The summed E-state index contributed by atoms with van der Waals surface area (Å²) in [7, 11) is -3.45. The zero-order chi connectivity index (χ0) is 19.2. The molecule has 2 aliphatic carbocycles. The Hall–Kier alpha value is -0.500. The highest BCUT2D eigenvalue weighted by molar-refractivity contribution is 7.89. The lowest BCUT2D eigenvalue weighted by Gasteiger charge is -2.36. The van der Waals surface area contributed by atoms with Crippen molar-refractivity contribution in [2.45, 2.75) is 65.6 Å². The molecule has 2 bridgehead atoms. The van der Waals surface area contributed by atoms with Gasteiger partial charge in [-0.3, -0.25) is 9.69 Å². The fraction of sp³-hybridized carbons (Fsp3) is 0.947. The van der Waals surface area contributed by atoms with E-state index in [9.17, 15) is 13.2 Å². The van der Waals surface area contributed by atoms with E-state index < -0.39 is 15.4 Å². The molecule has 4 atom stereocenters. The molecule has 3 rings (SSSR count). The van der Waals surface area contributed by atoms with Gasteiger partial charge in [0, 0.05) is 31.5 Å². The summed E-state index contributed by atoms with van der Waals surface area (Å²) in [6.45, 7) is 11.4. The second-order valence-corrected chi connectivity index (χ2v) is 11.0. The second kappa shape index (κ2) is 7.15. The Balaban J connectivity index is 1.50. The van der Waals surface area contributed by atoms with Crippen LogP contribution in [0, 0.1) is 16.7 Å². The van der Waals surface area contributed by atoms with E-state index in [1.165, 1.54) is 0 Å². The van der Waals surface area contributed by atoms with E-state index in [0.29, 0.717) is 25.3 Å². The number of carbonyl (C=O) groups is 1. The number of carbonyl (C=O) groups excluding carboxylic acids is 1. The zero-order valence-corrected chi connectivity index (χ0v) is 17.4. The number of nitrogens with zero attached hydrogens (tertiary/aromatic N) is 1. The highest BCUT2D eigenvalue weighted by Crippen LogP contribution is 2.64. The van der Waals surface area contributed by atoms with Crippen LogP contribution in [-0.4, -0.2) is 63.2 Å². The van der Waals surface area contributed by atoms with Crippen molar-refractivity contribution >= 4 is 15.8 Å². The molecule has 0 spiro atoms. The molecule has 3 fully saturated rings. The summed E-state index contributed by atoms with van der Waals surface area (Å²) < 4.78 is 33.8. The molecule has 1 aliphatic heterocycles. The minimum atomic E-state index is -3.45. The molecule has 4 unspecified atom stereocenters. The van der Waals surface area contributed by atoms with Crippen LogP contribution in [0.5, 0.6) is 0 Å². The average Bonchev–Trinajstić information content (AvgIpc) is 2.84. The van der Waals surface area contributed by atoms with Crippen LogP contribution in [0.4, 0.5) is 0 Å². The Kier molecular flexibility index (Phi) is 5.57. The fourth-order valence-corrected chi connectivity index (χ4v) is 7.36. The molecule has 1 heterocycles. The number of nitrogens with one attached hydrogen (secondary N) is 1. The summed E-state index contributed by atoms with van der Waals surface area (Å²) in [5.74, 6) is 0.449. The van der Waals surface area contributed by atoms with Crippen LogP contribution in [0.25, 0.3) is 0 Å². The van der Waals surface area contributed by atoms with E-state index in [4.69, 9.17) is 4.74 Å². The van der Waals surface area contributed by atoms with Gasteiger partial charge in [-0.2, -0.15) is 0 Å². The van der Waals surface area contributed by atoms with Crippen LogP contribution in [0.15, 0.2) is 0 Å². The molecule has 3 aliphatic rings. The maximum atomic E-state index is 12.7. The van der Waals surface area contributed by atoms with Gasteiger partial charge in [-0.15, -0.1) is 0 Å². The summed E-state index contributed by atoms with van der Waals surface area (Å²) >= 11 is 0. The number of fused-ring (bicyclic) bond motifs is 2. The van der Waals surface area contributed by atoms with Gasteiger partial charge in [0.1, 0.15) is 5.78 Å². The number of ketones is 1. The first-order chi connectivity index (χ1) is 12.1. The third-order valence-electron chi connectivity index (χ3n) is 7.04. The molecule has 6 nitrogen and oxygen atoms in total. The number of sulfonamides is 1. The van der Waals surface area contributed by atoms with Crippen LogP contribution >= 0.6 is 0 Å². The van der Waals surface area contributed by atoms with Crippen molar-refractivity contribution in [3.05, 3.63) is 0 Å². The van der Waals surface area contributed by atoms with Crippen LogP contribution in [0.1, 0.15) is 53.4 Å². The molecule has 2 saturated carbocycles. The first-order valence-corrected chi connectivity index (χ1v) is 11.6. The van der Waals surface area contributed by atoms with E-state index in [2.05, 4.69) is 37.3 Å². The largest absolute Gasteiger partial charge is 0.373 e. The summed E-state index contributed by atoms with van der Waals surface area (Å²) in [6.07, 6.45) is 3.46. The van der Waals surface area contributed by atoms with Crippen molar-refractivity contribution in [2.75, 3.05) is 31.9 Å². The third kappa shape index (κ3) is 3.73. The van der Waals surface area contributed by atoms with Crippen molar-refractivity contribution in [1.82, 2.24) is 9.62 Å². The van der Waals surface area contributed by atoms with Crippen molar-refractivity contribution in [3.8, 4) is 0 Å². The van der Waals surface area contributed by atoms with E-state index in [-0.39, 0.29) is 29.2 Å². The predicted octanol–water partition coefficient (Wildman–Crippen LogP) is 1.80. The van der Waals surface area contributed by atoms with Gasteiger partial charge < -0.3 is 4.74 Å². The molecular weight excluding hydrogens is 352 g/mol. The Morgan fingerprint density at radius 1 is 1.23 bits per heavy atom. The number of Topliss-reactive ketones (excluding diaryl/α,β-unsaturated/α-hetero) is 1. The topological polar surface area (TPSA) is 75.7 Å². The smallest absolute Gasteiger partial charge is 0.212 e. The van der Waals surface area contributed by atoms with Gasteiger partial charge in [0.25, 0.3) is 0 Å². The average molecular weight is 387 g/mol. The molecule has 0 amide bonds. The molecule has 1 saturated heterocycles. The maximum Gasteiger partial charge on any atom is 0.212 e. The number of hydrogen-bond acceptors (Lipinski definition) is 5. The molecule has 0 radical (unpaired) electrons. The summed E-state index contributed by atoms with van der Waals surface area (Å²) in [4.78, 5) is 14.9. The minimum absolute atomic E-state index is 0.0477.